The number of nitrogens with zero attached hydrogens (tertiary/aromatic N) is 3. The summed E-state index contributed by atoms with van der Waals surface area (Å²) >= 11 is 1.53. The zero-order valence-corrected chi connectivity index (χ0v) is 18.2. The Morgan fingerprint density at radius 2 is 1.79 bits per heavy atom. The van der Waals surface area contributed by atoms with E-state index in [2.05, 4.69) is 20.2 Å². The van der Waals surface area contributed by atoms with Gasteiger partial charge in [-0.3, -0.25) is 4.79 Å². The van der Waals surface area contributed by atoms with Crippen molar-refractivity contribution in [3.8, 4) is 5.75 Å². The van der Waals surface area contributed by atoms with Crippen molar-refractivity contribution in [2.24, 2.45) is 0 Å². The van der Waals surface area contributed by atoms with Gasteiger partial charge in [0.2, 0.25) is 5.91 Å². The highest BCUT2D eigenvalue weighted by Crippen LogP contribution is 2.19. The molecule has 0 atom stereocenters. The maximum absolute atomic E-state index is 12.3. The highest BCUT2D eigenvalue weighted by Gasteiger charge is 2.11. The van der Waals surface area contributed by atoms with Crippen LogP contribution in [0.4, 0.5) is 5.69 Å². The molecule has 0 unspecified atom stereocenters. The molecule has 0 fully saturated rings. The van der Waals surface area contributed by atoms with Crippen LogP contribution in [0.3, 0.4) is 0 Å². The van der Waals surface area contributed by atoms with Crippen LogP contribution >= 0.6 is 11.8 Å². The molecule has 0 saturated heterocycles. The Balaban J connectivity index is 1.82. The van der Waals surface area contributed by atoms with Crippen LogP contribution in [0, 0.1) is 13.8 Å². The van der Waals surface area contributed by atoms with E-state index in [9.17, 15) is 4.79 Å². The van der Waals surface area contributed by atoms with Gasteiger partial charge in [0, 0.05) is 30.0 Å². The van der Waals surface area contributed by atoms with Gasteiger partial charge in [-0.2, -0.15) is 0 Å². The first-order valence-electron chi connectivity index (χ1n) is 9.44. The largest absolute Gasteiger partial charge is 0.494 e. The SMILES string of the molecule is CSc1nc(C)c(CCC(=O)Nc2ccc(OCCCN(C)C)cc2)c(C)n1. The van der Waals surface area contributed by atoms with Gasteiger partial charge in [-0.1, -0.05) is 11.8 Å². The van der Waals surface area contributed by atoms with Crippen molar-refractivity contribution in [1.29, 1.82) is 0 Å². The lowest BCUT2D eigenvalue weighted by Gasteiger charge is -2.11. The van der Waals surface area contributed by atoms with Crippen LogP contribution in [-0.2, 0) is 11.2 Å². The summed E-state index contributed by atoms with van der Waals surface area (Å²) < 4.78 is 5.71. The molecule has 0 aliphatic rings. The molecule has 1 aromatic carbocycles. The molecule has 0 spiro atoms. The molecule has 2 aromatic rings. The van der Waals surface area contributed by atoms with Gasteiger partial charge in [0.15, 0.2) is 5.16 Å². The predicted octanol–water partition coefficient (Wildman–Crippen LogP) is 3.72. The number of hydrogen-bond donors (Lipinski definition) is 1. The monoisotopic (exact) mass is 402 g/mol. The Kier molecular flexibility index (Phi) is 8.73. The van der Waals surface area contributed by atoms with E-state index in [1.165, 1.54) is 11.8 Å². The second-order valence-corrected chi connectivity index (χ2v) is 7.71. The molecule has 1 N–H and O–H groups in total. The second kappa shape index (κ2) is 11.0. The van der Waals surface area contributed by atoms with E-state index in [0.29, 0.717) is 19.4 Å². The first kappa shape index (κ1) is 22.2. The van der Waals surface area contributed by atoms with Crippen LogP contribution in [0.5, 0.6) is 5.75 Å². The van der Waals surface area contributed by atoms with E-state index in [4.69, 9.17) is 4.74 Å². The van der Waals surface area contributed by atoms with Crippen LogP contribution < -0.4 is 10.1 Å². The van der Waals surface area contributed by atoms with Crippen molar-refractivity contribution in [2.45, 2.75) is 38.3 Å². The van der Waals surface area contributed by atoms with Gasteiger partial charge in [0.05, 0.1) is 6.61 Å². The molecule has 1 amide bonds. The van der Waals surface area contributed by atoms with Crippen LogP contribution in [0.2, 0.25) is 0 Å². The number of aryl methyl sites for hydroxylation is 2. The predicted molar refractivity (Wildman–Crippen MR) is 115 cm³/mol. The van der Waals surface area contributed by atoms with Crippen molar-refractivity contribution in [1.82, 2.24) is 14.9 Å². The molecular weight excluding hydrogens is 372 g/mol. The minimum atomic E-state index is -0.0209. The summed E-state index contributed by atoms with van der Waals surface area (Å²) in [4.78, 5) is 23.4. The average Bonchev–Trinajstić information content (AvgIpc) is 2.65. The highest BCUT2D eigenvalue weighted by molar-refractivity contribution is 7.98. The van der Waals surface area contributed by atoms with Gasteiger partial charge >= 0.3 is 0 Å². The van der Waals surface area contributed by atoms with Gasteiger partial charge in [-0.25, -0.2) is 9.97 Å². The minimum Gasteiger partial charge on any atom is -0.494 e. The third kappa shape index (κ3) is 7.13. The van der Waals surface area contributed by atoms with Crippen molar-refractivity contribution in [2.75, 3.05) is 38.8 Å². The van der Waals surface area contributed by atoms with E-state index in [0.717, 1.165) is 46.5 Å². The van der Waals surface area contributed by atoms with Crippen molar-refractivity contribution in [3.63, 3.8) is 0 Å². The standard InChI is InChI=1S/C21H30N4O2S/c1-15-19(16(2)23-21(22-15)28-5)11-12-20(26)24-17-7-9-18(10-8-17)27-14-6-13-25(3)4/h7-10H,6,11-14H2,1-5H3,(H,24,26). The normalized spacial score (nSPS) is 10.9. The zero-order valence-electron chi connectivity index (χ0n) is 17.4. The fraction of sp³-hybridized carbons (Fsp3) is 0.476. The summed E-state index contributed by atoms with van der Waals surface area (Å²) in [6, 6.07) is 7.50. The number of hydrogen-bond acceptors (Lipinski definition) is 6. The summed E-state index contributed by atoms with van der Waals surface area (Å²) in [6.45, 7) is 5.62. The van der Waals surface area contributed by atoms with Crippen LogP contribution in [-0.4, -0.2) is 54.3 Å². The molecule has 1 aromatic heterocycles. The van der Waals surface area contributed by atoms with Gasteiger partial charge in [0.25, 0.3) is 0 Å². The maximum atomic E-state index is 12.3. The summed E-state index contributed by atoms with van der Waals surface area (Å²) in [6.07, 6.45) is 3.96. The number of benzene rings is 1. The van der Waals surface area contributed by atoms with E-state index in [-0.39, 0.29) is 5.91 Å². The summed E-state index contributed by atoms with van der Waals surface area (Å²) in [5, 5.41) is 3.71. The third-order valence-corrected chi connectivity index (χ3v) is 4.89. The number of thioether (sulfide) groups is 1. The van der Waals surface area contributed by atoms with Crippen LogP contribution in [0.15, 0.2) is 29.4 Å². The van der Waals surface area contributed by atoms with Crippen LogP contribution in [0.1, 0.15) is 29.8 Å². The minimum absolute atomic E-state index is 0.0209. The smallest absolute Gasteiger partial charge is 0.224 e. The molecular formula is C21H30N4O2S. The molecule has 0 radical (unpaired) electrons. The fourth-order valence-electron chi connectivity index (χ4n) is 2.83. The quantitative estimate of drug-likeness (QED) is 0.371. The first-order chi connectivity index (χ1) is 13.4. The van der Waals surface area contributed by atoms with Gasteiger partial charge in [-0.05, 0) is 76.9 Å². The van der Waals surface area contributed by atoms with Gasteiger partial charge in [0.1, 0.15) is 5.75 Å². The lowest BCUT2D eigenvalue weighted by atomic mass is 10.1. The molecule has 0 aliphatic heterocycles. The Bertz CT molecular complexity index is 755. The van der Waals surface area contributed by atoms with Crippen LogP contribution in [0.25, 0.3) is 0 Å². The Labute approximate surface area is 172 Å². The Hall–Kier alpha value is -2.12. The second-order valence-electron chi connectivity index (χ2n) is 6.94. The number of carbonyl (C=O) groups excluding carboxylic acids is 1. The van der Waals surface area contributed by atoms with E-state index >= 15 is 0 Å². The first-order valence-corrected chi connectivity index (χ1v) is 10.7. The Morgan fingerprint density at radius 1 is 1.14 bits per heavy atom. The topological polar surface area (TPSA) is 67.3 Å². The molecule has 6 nitrogen and oxygen atoms in total. The van der Waals surface area contributed by atoms with Gasteiger partial charge in [-0.15, -0.1) is 0 Å². The number of ether oxygens (including phenoxy) is 1. The molecule has 7 heteroatoms. The van der Waals surface area contributed by atoms with E-state index < -0.39 is 0 Å². The lowest BCUT2D eigenvalue weighted by Crippen LogP contribution is -2.15. The molecule has 1 heterocycles. The summed E-state index contributed by atoms with van der Waals surface area (Å²) in [5.41, 5.74) is 3.71. The van der Waals surface area contributed by atoms with Gasteiger partial charge < -0.3 is 15.0 Å². The number of anilines is 1. The molecule has 152 valence electrons. The third-order valence-electron chi connectivity index (χ3n) is 4.34. The number of nitrogens with one attached hydrogen (secondary N) is 1. The lowest BCUT2D eigenvalue weighted by molar-refractivity contribution is -0.116. The van der Waals surface area contributed by atoms with E-state index in [1.807, 2.05) is 58.5 Å². The average molecular weight is 403 g/mol. The zero-order chi connectivity index (χ0) is 20.5. The maximum Gasteiger partial charge on any atom is 0.224 e. The summed E-state index contributed by atoms with van der Waals surface area (Å²) in [7, 11) is 4.10. The number of amides is 1. The molecule has 28 heavy (non-hydrogen) atoms. The molecule has 0 bridgehead atoms. The number of carbonyl (C=O) groups is 1. The van der Waals surface area contributed by atoms with Crippen molar-refractivity contribution in [3.05, 3.63) is 41.2 Å². The van der Waals surface area contributed by atoms with Crippen molar-refractivity contribution >= 4 is 23.4 Å². The number of rotatable bonds is 10. The summed E-state index contributed by atoms with van der Waals surface area (Å²) in [5.74, 6) is 0.793. The Morgan fingerprint density at radius 3 is 2.36 bits per heavy atom. The number of aromatic nitrogens is 2. The molecule has 0 saturated carbocycles. The fourth-order valence-corrected chi connectivity index (χ4v) is 3.29. The molecule has 0 aliphatic carbocycles. The highest BCUT2D eigenvalue weighted by atomic mass is 32.2. The van der Waals surface area contributed by atoms with E-state index in [1.54, 1.807) is 0 Å². The molecule has 2 rings (SSSR count). The van der Waals surface area contributed by atoms with Crippen molar-refractivity contribution < 1.29 is 9.53 Å².